The Bertz CT molecular complexity index is 1160. The molecule has 0 fully saturated rings. The fourth-order valence-corrected chi connectivity index (χ4v) is 3.80. The van der Waals surface area contributed by atoms with Crippen molar-refractivity contribution < 1.29 is 18.0 Å². The van der Waals surface area contributed by atoms with Gasteiger partial charge < -0.3 is 5.32 Å². The Morgan fingerprint density at radius 3 is 2.54 bits per heavy atom. The molecule has 0 bridgehead atoms. The number of nitrogens with zero attached hydrogens (tertiary/aromatic N) is 3. The van der Waals surface area contributed by atoms with Crippen LogP contribution in [-0.4, -0.2) is 20.5 Å². The molecule has 1 amide bonds. The normalized spacial score (nSPS) is 11.7. The van der Waals surface area contributed by atoms with Gasteiger partial charge in [0.05, 0.1) is 15.0 Å². The molecule has 3 heterocycles. The van der Waals surface area contributed by atoms with E-state index in [9.17, 15) is 18.0 Å². The first-order valence-electron chi connectivity index (χ1n) is 7.91. The highest BCUT2D eigenvalue weighted by atomic mass is 79.9. The van der Waals surface area contributed by atoms with E-state index in [1.54, 1.807) is 47.8 Å². The van der Waals surface area contributed by atoms with Gasteiger partial charge in [-0.15, -0.1) is 11.3 Å². The van der Waals surface area contributed by atoms with Gasteiger partial charge in [0.15, 0.2) is 17.0 Å². The second-order valence-electron chi connectivity index (χ2n) is 5.72. The number of fused-ring (bicyclic) bond motifs is 1. The summed E-state index contributed by atoms with van der Waals surface area (Å²) in [5, 5.41) is 8.23. The Morgan fingerprint density at radius 2 is 1.89 bits per heavy atom. The van der Waals surface area contributed by atoms with Crippen LogP contribution in [0.5, 0.6) is 0 Å². The molecule has 28 heavy (non-hydrogen) atoms. The van der Waals surface area contributed by atoms with Crippen LogP contribution in [0.2, 0.25) is 0 Å². The predicted molar refractivity (Wildman–Crippen MR) is 103 cm³/mol. The average molecular weight is 467 g/mol. The number of thiophene rings is 1. The van der Waals surface area contributed by atoms with Crippen LogP contribution in [0.1, 0.15) is 16.2 Å². The van der Waals surface area contributed by atoms with Gasteiger partial charge in [0.2, 0.25) is 0 Å². The minimum atomic E-state index is -4.67. The summed E-state index contributed by atoms with van der Waals surface area (Å²) in [4.78, 5) is 17.4. The van der Waals surface area contributed by atoms with E-state index in [0.717, 1.165) is 6.07 Å². The second-order valence-corrected chi connectivity index (χ2v) is 7.46. The third-order valence-electron chi connectivity index (χ3n) is 3.84. The van der Waals surface area contributed by atoms with E-state index in [-0.39, 0.29) is 21.5 Å². The first kappa shape index (κ1) is 18.6. The van der Waals surface area contributed by atoms with Gasteiger partial charge in [-0.1, -0.05) is 24.3 Å². The highest BCUT2D eigenvalue weighted by molar-refractivity contribution is 9.10. The van der Waals surface area contributed by atoms with Crippen molar-refractivity contribution in [3.8, 4) is 10.6 Å². The number of rotatable bonds is 3. The second kappa shape index (κ2) is 7.02. The van der Waals surface area contributed by atoms with Gasteiger partial charge in [-0.25, -0.2) is 9.50 Å². The summed E-state index contributed by atoms with van der Waals surface area (Å²) in [5.74, 6) is -0.644. The molecule has 0 unspecified atom stereocenters. The molecule has 1 aromatic carbocycles. The highest BCUT2D eigenvalue weighted by Gasteiger charge is 2.36. The Morgan fingerprint density at radius 1 is 1.14 bits per heavy atom. The predicted octanol–water partition coefficient (Wildman–Crippen LogP) is 5.49. The number of carbonyl (C=O) groups is 1. The van der Waals surface area contributed by atoms with Gasteiger partial charge in [-0.3, -0.25) is 4.79 Å². The number of para-hydroxylation sites is 1. The van der Waals surface area contributed by atoms with Crippen LogP contribution in [-0.2, 0) is 6.18 Å². The Kier molecular flexibility index (Phi) is 4.68. The first-order chi connectivity index (χ1) is 13.3. The quantitative estimate of drug-likeness (QED) is 0.434. The molecule has 3 aromatic heterocycles. The van der Waals surface area contributed by atoms with Crippen LogP contribution in [0.4, 0.5) is 18.9 Å². The number of amides is 1. The minimum absolute atomic E-state index is 0.0866. The summed E-state index contributed by atoms with van der Waals surface area (Å²) in [6, 6.07) is 12.9. The maximum Gasteiger partial charge on any atom is 0.433 e. The SMILES string of the molecule is O=C(Nc1ccccc1)c1nn2c(C(F)(F)F)cc(-c3cccs3)nc2c1Br. The largest absolute Gasteiger partial charge is 0.433 e. The topological polar surface area (TPSA) is 59.3 Å². The van der Waals surface area contributed by atoms with E-state index in [0.29, 0.717) is 15.1 Å². The summed E-state index contributed by atoms with van der Waals surface area (Å²) in [6.07, 6.45) is -4.67. The molecule has 0 radical (unpaired) electrons. The molecule has 142 valence electrons. The molecule has 10 heteroatoms. The third-order valence-corrected chi connectivity index (χ3v) is 5.47. The molecule has 0 saturated carbocycles. The zero-order valence-electron chi connectivity index (χ0n) is 13.9. The van der Waals surface area contributed by atoms with E-state index >= 15 is 0 Å². The molecule has 0 aliphatic heterocycles. The summed E-state index contributed by atoms with van der Waals surface area (Å²) in [5.41, 5.74) is -0.632. The van der Waals surface area contributed by atoms with Crippen LogP contribution < -0.4 is 5.32 Å². The molecule has 0 spiro atoms. The summed E-state index contributed by atoms with van der Waals surface area (Å²) >= 11 is 4.46. The molecule has 0 aliphatic carbocycles. The number of benzene rings is 1. The number of aromatic nitrogens is 3. The van der Waals surface area contributed by atoms with Gasteiger partial charge in [0.25, 0.3) is 5.91 Å². The van der Waals surface area contributed by atoms with Gasteiger partial charge in [0.1, 0.15) is 0 Å². The van der Waals surface area contributed by atoms with Crippen LogP contribution in [0, 0.1) is 0 Å². The standard InChI is InChI=1S/C18H10BrF3N4OS/c19-14-15(17(27)23-10-5-2-1-3-6-10)25-26-13(18(20,21)22)9-11(24-16(14)26)12-7-4-8-28-12/h1-9H,(H,23,27). The molecule has 0 saturated heterocycles. The van der Waals surface area contributed by atoms with Crippen molar-refractivity contribution in [2.45, 2.75) is 6.18 Å². The fourth-order valence-electron chi connectivity index (χ4n) is 2.60. The smallest absolute Gasteiger partial charge is 0.321 e. The molecule has 0 atom stereocenters. The summed E-state index contributed by atoms with van der Waals surface area (Å²) < 4.78 is 41.6. The van der Waals surface area contributed by atoms with Crippen molar-refractivity contribution in [3.05, 3.63) is 69.8 Å². The molecule has 0 aliphatic rings. The van der Waals surface area contributed by atoms with E-state index < -0.39 is 17.8 Å². The van der Waals surface area contributed by atoms with Gasteiger partial charge in [-0.2, -0.15) is 18.3 Å². The minimum Gasteiger partial charge on any atom is -0.321 e. The highest BCUT2D eigenvalue weighted by Crippen LogP contribution is 2.35. The van der Waals surface area contributed by atoms with Crippen molar-refractivity contribution in [1.82, 2.24) is 14.6 Å². The van der Waals surface area contributed by atoms with Crippen LogP contribution in [0.15, 0.2) is 58.4 Å². The number of carbonyl (C=O) groups excluding carboxylic acids is 1. The Balaban J connectivity index is 1.86. The maximum atomic E-state index is 13.6. The van der Waals surface area contributed by atoms with Crippen LogP contribution in [0.25, 0.3) is 16.2 Å². The number of anilines is 1. The molecule has 1 N–H and O–H groups in total. The van der Waals surface area contributed by atoms with Gasteiger partial charge in [0, 0.05) is 5.69 Å². The van der Waals surface area contributed by atoms with Gasteiger partial charge >= 0.3 is 6.18 Å². The Labute approximate surface area is 169 Å². The maximum absolute atomic E-state index is 13.6. The molecule has 5 nitrogen and oxygen atoms in total. The van der Waals surface area contributed by atoms with E-state index in [2.05, 4.69) is 31.3 Å². The Hall–Kier alpha value is -2.72. The zero-order chi connectivity index (χ0) is 19.9. The monoisotopic (exact) mass is 466 g/mol. The van der Waals surface area contributed by atoms with Gasteiger partial charge in [-0.05, 0) is 45.6 Å². The van der Waals surface area contributed by atoms with Crippen LogP contribution in [0.3, 0.4) is 0 Å². The van der Waals surface area contributed by atoms with E-state index in [1.165, 1.54) is 11.3 Å². The van der Waals surface area contributed by atoms with Crippen molar-refractivity contribution >= 4 is 44.5 Å². The fraction of sp³-hybridized carbons (Fsp3) is 0.0556. The van der Waals surface area contributed by atoms with E-state index in [1.807, 2.05) is 0 Å². The number of hydrogen-bond donors (Lipinski definition) is 1. The molecule has 4 rings (SSSR count). The lowest BCUT2D eigenvalue weighted by atomic mass is 10.2. The van der Waals surface area contributed by atoms with Crippen molar-refractivity contribution in [3.63, 3.8) is 0 Å². The van der Waals surface area contributed by atoms with E-state index in [4.69, 9.17) is 0 Å². The van der Waals surface area contributed by atoms with Crippen molar-refractivity contribution in [2.75, 3.05) is 5.32 Å². The summed E-state index contributed by atoms with van der Waals surface area (Å²) in [7, 11) is 0. The summed E-state index contributed by atoms with van der Waals surface area (Å²) in [6.45, 7) is 0. The number of nitrogens with one attached hydrogen (secondary N) is 1. The average Bonchev–Trinajstić information content (AvgIpc) is 3.30. The first-order valence-corrected chi connectivity index (χ1v) is 9.58. The van der Waals surface area contributed by atoms with Crippen molar-refractivity contribution in [2.24, 2.45) is 0 Å². The molecular weight excluding hydrogens is 457 g/mol. The lowest BCUT2D eigenvalue weighted by Gasteiger charge is -2.10. The van der Waals surface area contributed by atoms with Crippen molar-refractivity contribution in [1.29, 1.82) is 0 Å². The zero-order valence-corrected chi connectivity index (χ0v) is 16.3. The lowest BCUT2D eigenvalue weighted by molar-refractivity contribution is -0.142. The lowest BCUT2D eigenvalue weighted by Crippen LogP contribution is -2.15. The molecule has 4 aromatic rings. The number of hydrogen-bond acceptors (Lipinski definition) is 4. The van der Waals surface area contributed by atoms with Crippen LogP contribution >= 0.6 is 27.3 Å². The number of alkyl halides is 3. The molecular formula is C18H10BrF3N4OS. The third kappa shape index (κ3) is 3.40. The number of halogens is 4.